The second-order valence-electron chi connectivity index (χ2n) is 3.72. The summed E-state index contributed by atoms with van der Waals surface area (Å²) in [5, 5.41) is 11.4. The van der Waals surface area contributed by atoms with Crippen molar-refractivity contribution < 1.29 is 9.53 Å². The summed E-state index contributed by atoms with van der Waals surface area (Å²) in [6, 6.07) is 12.1. The van der Waals surface area contributed by atoms with E-state index in [-0.39, 0.29) is 12.5 Å². The summed E-state index contributed by atoms with van der Waals surface area (Å²) in [6.07, 6.45) is 3.16. The summed E-state index contributed by atoms with van der Waals surface area (Å²) < 4.78 is 5.26. The molecule has 0 atom stereocenters. The van der Waals surface area contributed by atoms with Crippen LogP contribution in [0.4, 0.5) is 5.69 Å². The fraction of sp³-hybridized carbons (Fsp3) is 0.0714. The van der Waals surface area contributed by atoms with Gasteiger partial charge < -0.3 is 10.1 Å². The van der Waals surface area contributed by atoms with Crippen LogP contribution in [0.2, 0.25) is 0 Å². The normalized spacial score (nSPS) is 9.42. The van der Waals surface area contributed by atoms with Gasteiger partial charge in [0.1, 0.15) is 5.75 Å². The van der Waals surface area contributed by atoms with E-state index in [0.717, 1.165) is 0 Å². The summed E-state index contributed by atoms with van der Waals surface area (Å²) in [6.45, 7) is -0.109. The molecule has 0 aliphatic heterocycles. The number of nitrogens with zero attached hydrogens (tertiary/aromatic N) is 2. The molecular weight excluding hydrogens is 242 g/mol. The molecule has 94 valence electrons. The summed E-state index contributed by atoms with van der Waals surface area (Å²) in [7, 11) is 0. The number of nitrogens with one attached hydrogen (secondary N) is 1. The maximum absolute atomic E-state index is 11.6. The molecule has 0 unspecified atom stereocenters. The molecule has 2 aromatic rings. The second-order valence-corrected chi connectivity index (χ2v) is 3.72. The highest BCUT2D eigenvalue weighted by molar-refractivity contribution is 5.92. The van der Waals surface area contributed by atoms with E-state index in [4.69, 9.17) is 10.00 Å². The lowest BCUT2D eigenvalue weighted by Crippen LogP contribution is -2.20. The standard InChI is InChI=1S/C14H11N3O2/c15-8-11-3-1-4-12(7-11)17-14(18)10-19-13-5-2-6-16-9-13/h1-7,9H,10H2,(H,17,18). The average Bonchev–Trinajstić information content (AvgIpc) is 2.46. The van der Waals surface area contributed by atoms with E-state index in [1.54, 1.807) is 42.6 Å². The van der Waals surface area contributed by atoms with Crippen LogP contribution in [0.1, 0.15) is 5.56 Å². The number of amides is 1. The van der Waals surface area contributed by atoms with Gasteiger partial charge in [-0.2, -0.15) is 5.26 Å². The zero-order valence-electron chi connectivity index (χ0n) is 10.0. The monoisotopic (exact) mass is 253 g/mol. The van der Waals surface area contributed by atoms with E-state index in [2.05, 4.69) is 10.3 Å². The number of hydrogen-bond donors (Lipinski definition) is 1. The first-order chi connectivity index (χ1) is 9.28. The minimum atomic E-state index is -0.293. The lowest BCUT2D eigenvalue weighted by atomic mass is 10.2. The predicted octanol–water partition coefficient (Wildman–Crippen LogP) is 1.97. The van der Waals surface area contributed by atoms with Crippen LogP contribution in [0.5, 0.6) is 5.75 Å². The van der Waals surface area contributed by atoms with E-state index in [1.165, 1.54) is 6.20 Å². The molecule has 1 amide bonds. The van der Waals surface area contributed by atoms with Gasteiger partial charge in [0.25, 0.3) is 5.91 Å². The number of hydrogen-bond acceptors (Lipinski definition) is 4. The molecule has 1 aromatic heterocycles. The van der Waals surface area contributed by atoms with Gasteiger partial charge in [0, 0.05) is 11.9 Å². The minimum Gasteiger partial charge on any atom is -0.482 e. The lowest BCUT2D eigenvalue weighted by Gasteiger charge is -2.07. The predicted molar refractivity (Wildman–Crippen MR) is 69.5 cm³/mol. The Labute approximate surface area is 110 Å². The van der Waals surface area contributed by atoms with Crippen LogP contribution < -0.4 is 10.1 Å². The SMILES string of the molecule is N#Cc1cccc(NC(=O)COc2cccnc2)c1. The molecule has 2 rings (SSSR count). The number of carbonyl (C=O) groups excluding carboxylic acids is 1. The van der Waals surface area contributed by atoms with Crippen LogP contribution in [0, 0.1) is 11.3 Å². The molecule has 19 heavy (non-hydrogen) atoms. The smallest absolute Gasteiger partial charge is 0.262 e. The molecule has 1 aromatic carbocycles. The Hall–Kier alpha value is -2.87. The zero-order chi connectivity index (χ0) is 13.5. The van der Waals surface area contributed by atoms with Crippen LogP contribution in [0.25, 0.3) is 0 Å². The van der Waals surface area contributed by atoms with Crippen molar-refractivity contribution in [1.82, 2.24) is 4.98 Å². The second kappa shape index (κ2) is 6.17. The molecular formula is C14H11N3O2. The summed E-state index contributed by atoms with van der Waals surface area (Å²) in [4.78, 5) is 15.5. The fourth-order valence-corrected chi connectivity index (χ4v) is 1.44. The maximum Gasteiger partial charge on any atom is 0.262 e. The van der Waals surface area contributed by atoms with Gasteiger partial charge in [0.2, 0.25) is 0 Å². The van der Waals surface area contributed by atoms with Crippen molar-refractivity contribution in [1.29, 1.82) is 5.26 Å². The number of ether oxygens (including phenoxy) is 1. The lowest BCUT2D eigenvalue weighted by molar-refractivity contribution is -0.118. The van der Waals surface area contributed by atoms with E-state index in [9.17, 15) is 4.79 Å². The van der Waals surface area contributed by atoms with Gasteiger partial charge in [-0.25, -0.2) is 0 Å². The highest BCUT2D eigenvalue weighted by Crippen LogP contribution is 2.10. The van der Waals surface area contributed by atoms with Gasteiger partial charge in [-0.15, -0.1) is 0 Å². The molecule has 1 heterocycles. The topological polar surface area (TPSA) is 75.0 Å². The molecule has 5 heteroatoms. The molecule has 0 saturated carbocycles. The Morgan fingerprint density at radius 2 is 2.26 bits per heavy atom. The number of rotatable bonds is 4. The van der Waals surface area contributed by atoms with Crippen LogP contribution in [-0.4, -0.2) is 17.5 Å². The first kappa shape index (κ1) is 12.6. The first-order valence-corrected chi connectivity index (χ1v) is 5.61. The first-order valence-electron chi connectivity index (χ1n) is 5.61. The van der Waals surface area contributed by atoms with Crippen molar-refractivity contribution in [2.24, 2.45) is 0 Å². The molecule has 0 spiro atoms. The van der Waals surface area contributed by atoms with Crippen molar-refractivity contribution in [2.45, 2.75) is 0 Å². The van der Waals surface area contributed by atoms with Gasteiger partial charge >= 0.3 is 0 Å². The van der Waals surface area contributed by atoms with Crippen LogP contribution in [0.3, 0.4) is 0 Å². The number of aromatic nitrogens is 1. The third-order valence-corrected chi connectivity index (χ3v) is 2.28. The van der Waals surface area contributed by atoms with Crippen molar-refractivity contribution in [2.75, 3.05) is 11.9 Å². The number of pyridine rings is 1. The highest BCUT2D eigenvalue weighted by Gasteiger charge is 2.04. The maximum atomic E-state index is 11.6. The molecule has 0 aliphatic rings. The fourth-order valence-electron chi connectivity index (χ4n) is 1.44. The van der Waals surface area contributed by atoms with Crippen LogP contribution >= 0.6 is 0 Å². The molecule has 0 bridgehead atoms. The third kappa shape index (κ3) is 3.82. The molecule has 0 aliphatic carbocycles. The van der Waals surface area contributed by atoms with Gasteiger partial charge in [-0.3, -0.25) is 9.78 Å². The molecule has 1 N–H and O–H groups in total. The van der Waals surface area contributed by atoms with Gasteiger partial charge in [0.15, 0.2) is 6.61 Å². The summed E-state index contributed by atoms with van der Waals surface area (Å²) in [5.41, 5.74) is 1.06. The number of anilines is 1. The Kier molecular flexibility index (Phi) is 4.09. The summed E-state index contributed by atoms with van der Waals surface area (Å²) in [5.74, 6) is 0.238. The van der Waals surface area contributed by atoms with Crippen molar-refractivity contribution >= 4 is 11.6 Å². The van der Waals surface area contributed by atoms with Crippen molar-refractivity contribution in [3.05, 3.63) is 54.4 Å². The van der Waals surface area contributed by atoms with Gasteiger partial charge in [-0.05, 0) is 30.3 Å². The van der Waals surface area contributed by atoms with Gasteiger partial charge in [-0.1, -0.05) is 6.07 Å². The zero-order valence-corrected chi connectivity index (χ0v) is 10.0. The molecule has 0 radical (unpaired) electrons. The van der Waals surface area contributed by atoms with Crippen LogP contribution in [-0.2, 0) is 4.79 Å². The quantitative estimate of drug-likeness (QED) is 0.903. The molecule has 0 fully saturated rings. The molecule has 0 saturated heterocycles. The Bertz CT molecular complexity index is 606. The minimum absolute atomic E-state index is 0.109. The van der Waals surface area contributed by atoms with Gasteiger partial charge in [0.05, 0.1) is 17.8 Å². The van der Waals surface area contributed by atoms with Crippen LogP contribution in [0.15, 0.2) is 48.8 Å². The number of carbonyl (C=O) groups is 1. The van der Waals surface area contributed by atoms with E-state index in [0.29, 0.717) is 17.0 Å². The third-order valence-electron chi connectivity index (χ3n) is 2.28. The van der Waals surface area contributed by atoms with E-state index < -0.39 is 0 Å². The summed E-state index contributed by atoms with van der Waals surface area (Å²) >= 11 is 0. The highest BCUT2D eigenvalue weighted by atomic mass is 16.5. The number of benzene rings is 1. The van der Waals surface area contributed by atoms with E-state index in [1.807, 2.05) is 6.07 Å². The Morgan fingerprint density at radius 3 is 3.00 bits per heavy atom. The Morgan fingerprint density at radius 1 is 1.37 bits per heavy atom. The number of nitriles is 1. The Balaban J connectivity index is 1.89. The molecule has 5 nitrogen and oxygen atoms in total. The van der Waals surface area contributed by atoms with E-state index >= 15 is 0 Å². The van der Waals surface area contributed by atoms with Crippen molar-refractivity contribution in [3.8, 4) is 11.8 Å². The largest absolute Gasteiger partial charge is 0.482 e. The average molecular weight is 253 g/mol. The van der Waals surface area contributed by atoms with Crippen molar-refractivity contribution in [3.63, 3.8) is 0 Å².